The van der Waals surface area contributed by atoms with Crippen LogP contribution in [0.25, 0.3) is 0 Å². The molecule has 104 valence electrons. The van der Waals surface area contributed by atoms with Gasteiger partial charge in [-0.15, -0.1) is 0 Å². The van der Waals surface area contributed by atoms with E-state index in [1.54, 1.807) is 12.3 Å². The molecule has 0 aliphatic carbocycles. The third-order valence-electron chi connectivity index (χ3n) is 3.09. The standard InChI is InChI=1S/C16H19N3O/c1-12-2-4-13(5-3-12)7-9-16(20)19-15-8-6-14(10-17)11-18-15/h2-6,8,11H,7,9-10,17H2,1H3,(H,18,19,20). The Hall–Kier alpha value is -2.20. The molecule has 1 amide bonds. The lowest BCUT2D eigenvalue weighted by Gasteiger charge is -2.05. The minimum atomic E-state index is -0.0291. The van der Waals surface area contributed by atoms with E-state index in [0.717, 1.165) is 17.5 Å². The maximum Gasteiger partial charge on any atom is 0.225 e. The molecular formula is C16H19N3O. The zero-order chi connectivity index (χ0) is 14.4. The second-order valence-corrected chi connectivity index (χ2v) is 4.79. The highest BCUT2D eigenvalue weighted by Gasteiger charge is 2.04. The van der Waals surface area contributed by atoms with Gasteiger partial charge >= 0.3 is 0 Å². The molecule has 0 aliphatic rings. The van der Waals surface area contributed by atoms with E-state index in [1.807, 2.05) is 13.0 Å². The summed E-state index contributed by atoms with van der Waals surface area (Å²) >= 11 is 0. The Morgan fingerprint density at radius 2 is 1.85 bits per heavy atom. The maximum atomic E-state index is 11.8. The van der Waals surface area contributed by atoms with Gasteiger partial charge in [0.25, 0.3) is 0 Å². The van der Waals surface area contributed by atoms with E-state index in [1.165, 1.54) is 5.56 Å². The fourth-order valence-corrected chi connectivity index (χ4v) is 1.84. The number of hydrogen-bond donors (Lipinski definition) is 2. The highest BCUT2D eigenvalue weighted by Crippen LogP contribution is 2.08. The van der Waals surface area contributed by atoms with Crippen LogP contribution in [0.1, 0.15) is 23.1 Å². The Morgan fingerprint density at radius 1 is 1.15 bits per heavy atom. The molecule has 0 aliphatic heterocycles. The first-order valence-corrected chi connectivity index (χ1v) is 6.68. The van der Waals surface area contributed by atoms with Crippen LogP contribution in [-0.4, -0.2) is 10.9 Å². The summed E-state index contributed by atoms with van der Waals surface area (Å²) in [5.41, 5.74) is 8.83. The first-order valence-electron chi connectivity index (χ1n) is 6.68. The zero-order valence-corrected chi connectivity index (χ0v) is 11.6. The lowest BCUT2D eigenvalue weighted by atomic mass is 10.1. The van der Waals surface area contributed by atoms with Gasteiger partial charge in [-0.25, -0.2) is 4.98 Å². The van der Waals surface area contributed by atoms with Gasteiger partial charge in [0.15, 0.2) is 0 Å². The molecule has 0 unspecified atom stereocenters. The van der Waals surface area contributed by atoms with Crippen LogP contribution < -0.4 is 11.1 Å². The van der Waals surface area contributed by atoms with Crippen LogP contribution >= 0.6 is 0 Å². The Morgan fingerprint density at radius 3 is 2.45 bits per heavy atom. The van der Waals surface area contributed by atoms with Crippen molar-refractivity contribution in [2.75, 3.05) is 5.32 Å². The number of hydrogen-bond acceptors (Lipinski definition) is 3. The molecule has 0 saturated carbocycles. The molecule has 2 aromatic rings. The van der Waals surface area contributed by atoms with Crippen molar-refractivity contribution >= 4 is 11.7 Å². The van der Waals surface area contributed by atoms with E-state index in [2.05, 4.69) is 34.6 Å². The molecule has 4 heteroatoms. The molecule has 0 fully saturated rings. The Kier molecular flexibility index (Phi) is 4.85. The summed E-state index contributed by atoms with van der Waals surface area (Å²) in [7, 11) is 0. The molecule has 1 aromatic carbocycles. The van der Waals surface area contributed by atoms with Gasteiger partial charge in [-0.3, -0.25) is 4.79 Å². The summed E-state index contributed by atoms with van der Waals surface area (Å²) in [6.45, 7) is 2.50. The summed E-state index contributed by atoms with van der Waals surface area (Å²) in [5.74, 6) is 0.537. The van der Waals surface area contributed by atoms with Crippen LogP contribution in [0.5, 0.6) is 0 Å². The Labute approximate surface area is 119 Å². The van der Waals surface area contributed by atoms with Crippen molar-refractivity contribution in [2.24, 2.45) is 5.73 Å². The normalized spacial score (nSPS) is 10.3. The van der Waals surface area contributed by atoms with Crippen LogP contribution in [0.4, 0.5) is 5.82 Å². The fourth-order valence-electron chi connectivity index (χ4n) is 1.84. The highest BCUT2D eigenvalue weighted by atomic mass is 16.1. The number of anilines is 1. The van der Waals surface area contributed by atoms with E-state index in [-0.39, 0.29) is 5.91 Å². The van der Waals surface area contributed by atoms with Gasteiger partial charge in [0, 0.05) is 19.2 Å². The lowest BCUT2D eigenvalue weighted by Crippen LogP contribution is -2.13. The van der Waals surface area contributed by atoms with Gasteiger partial charge in [0.05, 0.1) is 0 Å². The molecule has 0 atom stereocenters. The van der Waals surface area contributed by atoms with E-state index in [0.29, 0.717) is 18.8 Å². The number of nitrogens with two attached hydrogens (primary N) is 1. The van der Waals surface area contributed by atoms with E-state index in [4.69, 9.17) is 5.73 Å². The van der Waals surface area contributed by atoms with Crippen LogP contribution in [0, 0.1) is 6.92 Å². The first kappa shape index (κ1) is 14.2. The molecule has 20 heavy (non-hydrogen) atoms. The van der Waals surface area contributed by atoms with Crippen molar-refractivity contribution in [1.82, 2.24) is 4.98 Å². The topological polar surface area (TPSA) is 68.0 Å². The van der Waals surface area contributed by atoms with Gasteiger partial charge in [-0.1, -0.05) is 35.9 Å². The fraction of sp³-hybridized carbons (Fsp3) is 0.250. The van der Waals surface area contributed by atoms with Crippen molar-refractivity contribution in [2.45, 2.75) is 26.3 Å². The van der Waals surface area contributed by atoms with Gasteiger partial charge in [-0.2, -0.15) is 0 Å². The Bertz CT molecular complexity index is 561. The summed E-state index contributed by atoms with van der Waals surface area (Å²) in [5, 5.41) is 2.78. The van der Waals surface area contributed by atoms with Crippen molar-refractivity contribution in [3.8, 4) is 0 Å². The molecule has 0 radical (unpaired) electrons. The third kappa shape index (κ3) is 4.17. The van der Waals surface area contributed by atoms with E-state index >= 15 is 0 Å². The number of pyridine rings is 1. The first-order chi connectivity index (χ1) is 9.67. The largest absolute Gasteiger partial charge is 0.326 e. The quantitative estimate of drug-likeness (QED) is 0.876. The van der Waals surface area contributed by atoms with Crippen LogP contribution in [0.15, 0.2) is 42.6 Å². The number of amides is 1. The van der Waals surface area contributed by atoms with Gasteiger partial charge in [-0.05, 0) is 30.5 Å². The minimum Gasteiger partial charge on any atom is -0.326 e. The third-order valence-corrected chi connectivity index (χ3v) is 3.09. The summed E-state index contributed by atoms with van der Waals surface area (Å²) in [6, 6.07) is 11.9. The maximum absolute atomic E-state index is 11.8. The predicted octanol–water partition coefficient (Wildman–Crippen LogP) is 2.42. The monoisotopic (exact) mass is 269 g/mol. The molecule has 3 N–H and O–H groups in total. The van der Waals surface area contributed by atoms with E-state index in [9.17, 15) is 4.79 Å². The van der Waals surface area contributed by atoms with Crippen molar-refractivity contribution in [3.05, 3.63) is 59.3 Å². The molecular weight excluding hydrogens is 250 g/mol. The highest BCUT2D eigenvalue weighted by molar-refractivity contribution is 5.89. The number of carbonyl (C=O) groups is 1. The summed E-state index contributed by atoms with van der Waals surface area (Å²) in [4.78, 5) is 16.0. The molecule has 4 nitrogen and oxygen atoms in total. The number of aromatic nitrogens is 1. The molecule has 1 aromatic heterocycles. The number of rotatable bonds is 5. The molecule has 0 saturated heterocycles. The smallest absolute Gasteiger partial charge is 0.225 e. The number of benzene rings is 1. The average Bonchev–Trinajstić information content (AvgIpc) is 2.47. The minimum absolute atomic E-state index is 0.0291. The van der Waals surface area contributed by atoms with Crippen molar-refractivity contribution in [1.29, 1.82) is 0 Å². The number of nitrogens with zero attached hydrogens (tertiary/aromatic N) is 1. The van der Waals surface area contributed by atoms with Gasteiger partial charge in [0.2, 0.25) is 5.91 Å². The predicted molar refractivity (Wildman–Crippen MR) is 80.3 cm³/mol. The van der Waals surface area contributed by atoms with Crippen molar-refractivity contribution in [3.63, 3.8) is 0 Å². The second kappa shape index (κ2) is 6.82. The zero-order valence-electron chi connectivity index (χ0n) is 11.6. The number of carbonyl (C=O) groups excluding carboxylic acids is 1. The summed E-state index contributed by atoms with van der Waals surface area (Å²) in [6.07, 6.45) is 2.85. The van der Waals surface area contributed by atoms with E-state index < -0.39 is 0 Å². The lowest BCUT2D eigenvalue weighted by molar-refractivity contribution is -0.116. The molecule has 0 spiro atoms. The van der Waals surface area contributed by atoms with Crippen LogP contribution in [-0.2, 0) is 17.8 Å². The number of nitrogens with one attached hydrogen (secondary N) is 1. The van der Waals surface area contributed by atoms with Crippen LogP contribution in [0.2, 0.25) is 0 Å². The second-order valence-electron chi connectivity index (χ2n) is 4.79. The van der Waals surface area contributed by atoms with Gasteiger partial charge in [0.1, 0.15) is 5.82 Å². The molecule has 1 heterocycles. The average molecular weight is 269 g/mol. The van der Waals surface area contributed by atoms with Gasteiger partial charge < -0.3 is 11.1 Å². The van der Waals surface area contributed by atoms with Crippen LogP contribution in [0.3, 0.4) is 0 Å². The van der Waals surface area contributed by atoms with Crippen molar-refractivity contribution < 1.29 is 4.79 Å². The number of aryl methyl sites for hydroxylation is 2. The summed E-state index contributed by atoms with van der Waals surface area (Å²) < 4.78 is 0. The molecule has 0 bridgehead atoms. The SMILES string of the molecule is Cc1ccc(CCC(=O)Nc2ccc(CN)cn2)cc1. The Balaban J connectivity index is 1.84. The molecule has 2 rings (SSSR count).